The lowest BCUT2D eigenvalue weighted by atomic mass is 10.2. The second-order valence-electron chi connectivity index (χ2n) is 4.14. The highest BCUT2D eigenvalue weighted by Crippen LogP contribution is 2.16. The molecule has 0 saturated heterocycles. The van der Waals surface area contributed by atoms with E-state index in [1.54, 1.807) is 24.3 Å². The van der Waals surface area contributed by atoms with Gasteiger partial charge in [-0.05, 0) is 36.4 Å². The molecule has 0 heterocycles. The summed E-state index contributed by atoms with van der Waals surface area (Å²) < 4.78 is 34.6. The molecule has 2 aromatic rings. The molecule has 0 atom stereocenters. The van der Waals surface area contributed by atoms with Crippen molar-refractivity contribution < 1.29 is 17.1 Å². The van der Waals surface area contributed by atoms with Gasteiger partial charge in [-0.2, -0.15) is 8.42 Å². The molecule has 0 bridgehead atoms. The van der Waals surface area contributed by atoms with Crippen LogP contribution >= 0.6 is 0 Å². The summed E-state index contributed by atoms with van der Waals surface area (Å²) in [6.07, 6.45) is 5.26. The van der Waals surface area contributed by atoms with E-state index in [1.165, 1.54) is 12.1 Å². The van der Waals surface area contributed by atoms with Crippen LogP contribution in [0, 0.1) is 12.3 Å². The minimum Gasteiger partial charge on any atom is -0.322 e. The van der Waals surface area contributed by atoms with Crippen LogP contribution < -0.4 is 5.32 Å². The van der Waals surface area contributed by atoms with Gasteiger partial charge in [0.1, 0.15) is 0 Å². The topological polar surface area (TPSA) is 63.2 Å². The first-order valence-electron chi connectivity index (χ1n) is 5.83. The summed E-state index contributed by atoms with van der Waals surface area (Å²) in [5.74, 6) is 1.87. The van der Waals surface area contributed by atoms with E-state index in [0.29, 0.717) is 11.3 Å². The van der Waals surface area contributed by atoms with Gasteiger partial charge in [0, 0.05) is 16.8 Å². The van der Waals surface area contributed by atoms with Crippen LogP contribution in [0.25, 0.3) is 0 Å². The highest BCUT2D eigenvalue weighted by Gasteiger charge is 2.14. The number of hydrogen-bond donors (Lipinski definition) is 1. The number of terminal acetylenes is 1. The number of amides is 1. The zero-order valence-corrected chi connectivity index (χ0v) is 11.5. The molecule has 0 aromatic heterocycles. The molecule has 0 radical (unpaired) electrons. The first-order chi connectivity index (χ1) is 9.90. The number of hydrogen-bond acceptors (Lipinski definition) is 3. The average molecular weight is 303 g/mol. The van der Waals surface area contributed by atoms with Crippen LogP contribution in [0.4, 0.5) is 9.57 Å². The third-order valence-electron chi connectivity index (χ3n) is 2.66. The summed E-state index contributed by atoms with van der Waals surface area (Å²) in [5, 5.41) is 2.56. The molecule has 0 aliphatic rings. The van der Waals surface area contributed by atoms with Gasteiger partial charge in [0.25, 0.3) is 5.91 Å². The van der Waals surface area contributed by atoms with E-state index in [1.807, 2.05) is 0 Å². The van der Waals surface area contributed by atoms with E-state index >= 15 is 0 Å². The second kappa shape index (κ2) is 5.77. The minimum atomic E-state index is -4.85. The summed E-state index contributed by atoms with van der Waals surface area (Å²) >= 11 is 0. The predicted molar refractivity (Wildman–Crippen MR) is 77.1 cm³/mol. The van der Waals surface area contributed by atoms with Crippen molar-refractivity contribution in [1.29, 1.82) is 0 Å². The molecular weight excluding hydrogens is 293 g/mol. The fraction of sp³-hybridized carbons (Fsp3) is 0. The summed E-state index contributed by atoms with van der Waals surface area (Å²) in [6, 6.07) is 11.3. The highest BCUT2D eigenvalue weighted by molar-refractivity contribution is 7.86. The van der Waals surface area contributed by atoms with Gasteiger partial charge < -0.3 is 5.32 Å². The number of rotatable bonds is 3. The van der Waals surface area contributed by atoms with Gasteiger partial charge in [0.05, 0.1) is 4.90 Å². The van der Waals surface area contributed by atoms with Gasteiger partial charge in [-0.3, -0.25) is 4.79 Å². The van der Waals surface area contributed by atoms with Gasteiger partial charge in [-0.25, -0.2) is 0 Å². The Morgan fingerprint density at radius 1 is 1.14 bits per heavy atom. The molecule has 1 amide bonds. The maximum Gasteiger partial charge on any atom is 0.332 e. The number of benzene rings is 2. The lowest BCUT2D eigenvalue weighted by molar-refractivity contribution is 0.102. The smallest absolute Gasteiger partial charge is 0.322 e. The molecular formula is C15H10FNO3S. The Morgan fingerprint density at radius 3 is 2.52 bits per heavy atom. The van der Waals surface area contributed by atoms with Crippen LogP contribution in [0.3, 0.4) is 0 Å². The van der Waals surface area contributed by atoms with Crippen LogP contribution in [-0.2, 0) is 10.2 Å². The third-order valence-corrected chi connectivity index (χ3v) is 3.48. The molecule has 2 aromatic carbocycles. The molecule has 0 aliphatic carbocycles. The van der Waals surface area contributed by atoms with Gasteiger partial charge in [0.15, 0.2) is 0 Å². The first-order valence-corrected chi connectivity index (χ1v) is 7.21. The standard InChI is InChI=1S/C15H10FNO3S/c1-2-11-5-3-7-13(9-11)17-15(18)12-6-4-8-14(10-12)21(16,19)20/h1,3-10H,(H,17,18). The van der Waals surface area contributed by atoms with E-state index in [9.17, 15) is 17.1 Å². The lowest BCUT2D eigenvalue weighted by Crippen LogP contribution is -2.12. The summed E-state index contributed by atoms with van der Waals surface area (Å²) in [4.78, 5) is 11.5. The number of carbonyl (C=O) groups excluding carboxylic acids is 1. The molecule has 0 fully saturated rings. The Labute approximate surface area is 121 Å². The van der Waals surface area contributed by atoms with Crippen molar-refractivity contribution in [3.8, 4) is 12.3 Å². The van der Waals surface area contributed by atoms with Crippen molar-refractivity contribution in [1.82, 2.24) is 0 Å². The van der Waals surface area contributed by atoms with Crippen LogP contribution in [-0.4, -0.2) is 14.3 Å². The van der Waals surface area contributed by atoms with Crippen molar-refractivity contribution in [3.63, 3.8) is 0 Å². The highest BCUT2D eigenvalue weighted by atomic mass is 32.3. The molecule has 2 rings (SSSR count). The maximum absolute atomic E-state index is 12.9. The second-order valence-corrected chi connectivity index (χ2v) is 5.49. The summed E-state index contributed by atoms with van der Waals surface area (Å²) in [7, 11) is -4.85. The van der Waals surface area contributed by atoms with Crippen molar-refractivity contribution in [2.75, 3.05) is 5.32 Å². The van der Waals surface area contributed by atoms with E-state index < -0.39 is 21.0 Å². The largest absolute Gasteiger partial charge is 0.332 e. The normalized spacial score (nSPS) is 10.7. The van der Waals surface area contributed by atoms with Crippen molar-refractivity contribution in [2.24, 2.45) is 0 Å². The molecule has 1 N–H and O–H groups in total. The zero-order valence-electron chi connectivity index (χ0n) is 10.7. The third kappa shape index (κ3) is 3.68. The van der Waals surface area contributed by atoms with Gasteiger partial charge in [-0.15, -0.1) is 10.3 Å². The van der Waals surface area contributed by atoms with Crippen LogP contribution in [0.1, 0.15) is 15.9 Å². The Hall–Kier alpha value is -2.65. The van der Waals surface area contributed by atoms with Crippen molar-refractivity contribution >= 4 is 21.8 Å². The summed E-state index contributed by atoms with van der Waals surface area (Å²) in [6.45, 7) is 0. The average Bonchev–Trinajstić information content (AvgIpc) is 2.46. The fourth-order valence-electron chi connectivity index (χ4n) is 1.68. The molecule has 0 saturated carbocycles. The van der Waals surface area contributed by atoms with E-state index in [-0.39, 0.29) is 5.56 Å². The van der Waals surface area contributed by atoms with Crippen molar-refractivity contribution in [2.45, 2.75) is 4.90 Å². The Bertz CT molecular complexity index is 838. The predicted octanol–water partition coefficient (Wildman–Crippen LogP) is 2.58. The number of nitrogens with one attached hydrogen (secondary N) is 1. The maximum atomic E-state index is 12.9. The number of carbonyl (C=O) groups is 1. The lowest BCUT2D eigenvalue weighted by Gasteiger charge is -2.06. The molecule has 106 valence electrons. The van der Waals surface area contributed by atoms with Crippen LogP contribution in [0.2, 0.25) is 0 Å². The SMILES string of the molecule is C#Cc1cccc(NC(=O)c2cccc(S(=O)(=O)F)c2)c1. The molecule has 4 nitrogen and oxygen atoms in total. The van der Waals surface area contributed by atoms with Gasteiger partial charge in [-0.1, -0.05) is 18.1 Å². The van der Waals surface area contributed by atoms with Gasteiger partial charge in [0.2, 0.25) is 0 Å². The Balaban J connectivity index is 2.27. The van der Waals surface area contributed by atoms with Crippen LogP contribution in [0.15, 0.2) is 53.4 Å². The van der Waals surface area contributed by atoms with Gasteiger partial charge >= 0.3 is 10.2 Å². The Morgan fingerprint density at radius 2 is 1.86 bits per heavy atom. The Kier molecular flexibility index (Phi) is 4.05. The number of anilines is 1. The monoisotopic (exact) mass is 303 g/mol. The zero-order chi connectivity index (χ0) is 15.5. The summed E-state index contributed by atoms with van der Waals surface area (Å²) in [5.41, 5.74) is 1.08. The molecule has 21 heavy (non-hydrogen) atoms. The quantitative estimate of drug-likeness (QED) is 0.700. The molecule has 0 unspecified atom stereocenters. The molecule has 0 spiro atoms. The minimum absolute atomic E-state index is 0.0276. The molecule has 0 aliphatic heterocycles. The van der Waals surface area contributed by atoms with E-state index in [0.717, 1.165) is 12.1 Å². The van der Waals surface area contributed by atoms with Crippen molar-refractivity contribution in [3.05, 3.63) is 59.7 Å². The first kappa shape index (κ1) is 14.8. The van der Waals surface area contributed by atoms with Crippen LogP contribution in [0.5, 0.6) is 0 Å². The van der Waals surface area contributed by atoms with E-state index in [4.69, 9.17) is 6.42 Å². The van der Waals surface area contributed by atoms with E-state index in [2.05, 4.69) is 11.2 Å². The fourth-order valence-corrected chi connectivity index (χ4v) is 2.19. The number of halogens is 1. The molecule has 6 heteroatoms.